The molecule has 1 N–H and O–H groups in total. The summed E-state index contributed by atoms with van der Waals surface area (Å²) in [4.78, 5) is 13.1. The molecule has 0 saturated carbocycles. The summed E-state index contributed by atoms with van der Waals surface area (Å²) in [5.74, 6) is 1.68. The van der Waals surface area contributed by atoms with Crippen molar-refractivity contribution in [2.75, 3.05) is 34.4 Å². The predicted molar refractivity (Wildman–Crippen MR) is 135 cm³/mol. The summed E-state index contributed by atoms with van der Waals surface area (Å²) in [6, 6.07) is 10.3. The highest BCUT2D eigenvalue weighted by Crippen LogP contribution is 2.31. The molecule has 1 atom stereocenters. The van der Waals surface area contributed by atoms with E-state index < -0.39 is 10.0 Å². The molecule has 2 aromatic rings. The van der Waals surface area contributed by atoms with E-state index in [0.717, 1.165) is 24.8 Å². The highest BCUT2D eigenvalue weighted by atomic mass is 32.2. The summed E-state index contributed by atoms with van der Waals surface area (Å²) in [5, 5.41) is 3.07. The Balaban J connectivity index is 1.71. The first-order valence-corrected chi connectivity index (χ1v) is 13.5. The van der Waals surface area contributed by atoms with Crippen LogP contribution >= 0.6 is 0 Å². The standard InChI is InChI=1S/C26H36N2O6S/c1-5-22(19-9-12-24(33-3)25(18-19)34-4)27-26(29)14-10-20-17-21(11-13-23(20)32-2)35(30,31)28-15-7-6-8-16-28/h9,11-13,17-18,22H,5-8,10,14-16H2,1-4H3,(H,27,29)/t22-/m1/s1. The number of nitrogens with zero attached hydrogens (tertiary/aromatic N) is 1. The van der Waals surface area contributed by atoms with E-state index in [-0.39, 0.29) is 23.3 Å². The predicted octanol–water partition coefficient (Wildman–Crippen LogP) is 4.09. The van der Waals surface area contributed by atoms with Gasteiger partial charge in [0.15, 0.2) is 11.5 Å². The molecule has 1 fully saturated rings. The number of carbonyl (C=O) groups excluding carboxylic acids is 1. The third-order valence-corrected chi connectivity index (χ3v) is 8.27. The fourth-order valence-corrected chi connectivity index (χ4v) is 5.94. The van der Waals surface area contributed by atoms with Crippen LogP contribution in [0.5, 0.6) is 17.2 Å². The van der Waals surface area contributed by atoms with Gasteiger partial charge in [0.1, 0.15) is 5.75 Å². The molecule has 2 aromatic carbocycles. The molecule has 1 aliphatic heterocycles. The van der Waals surface area contributed by atoms with Crippen molar-refractivity contribution >= 4 is 15.9 Å². The molecule has 0 bridgehead atoms. The molecular formula is C26H36N2O6S. The van der Waals surface area contributed by atoms with Crippen LogP contribution in [0.4, 0.5) is 0 Å². The van der Waals surface area contributed by atoms with E-state index in [2.05, 4.69) is 5.32 Å². The summed E-state index contributed by atoms with van der Waals surface area (Å²) in [5.41, 5.74) is 1.62. The van der Waals surface area contributed by atoms with Gasteiger partial charge in [-0.1, -0.05) is 19.4 Å². The van der Waals surface area contributed by atoms with Gasteiger partial charge >= 0.3 is 0 Å². The Kier molecular flexibility index (Phi) is 9.40. The fraction of sp³-hybridized carbons (Fsp3) is 0.500. The lowest BCUT2D eigenvalue weighted by Crippen LogP contribution is -2.35. The maximum Gasteiger partial charge on any atom is 0.243 e. The second kappa shape index (κ2) is 12.3. The van der Waals surface area contributed by atoms with Crippen LogP contribution < -0.4 is 19.5 Å². The van der Waals surface area contributed by atoms with Gasteiger partial charge in [-0.3, -0.25) is 4.79 Å². The molecular weight excluding hydrogens is 468 g/mol. The van der Waals surface area contributed by atoms with Crippen LogP contribution in [-0.4, -0.2) is 53.0 Å². The summed E-state index contributed by atoms with van der Waals surface area (Å²) in [6.07, 6.45) is 4.07. The van der Waals surface area contributed by atoms with Gasteiger partial charge in [-0.2, -0.15) is 4.31 Å². The zero-order valence-corrected chi connectivity index (χ0v) is 21.8. The molecule has 0 radical (unpaired) electrons. The quantitative estimate of drug-likeness (QED) is 0.495. The van der Waals surface area contributed by atoms with Gasteiger partial charge in [-0.05, 0) is 67.1 Å². The first-order valence-electron chi connectivity index (χ1n) is 12.0. The van der Waals surface area contributed by atoms with Gasteiger partial charge in [0, 0.05) is 19.5 Å². The lowest BCUT2D eigenvalue weighted by atomic mass is 10.0. The molecule has 0 unspecified atom stereocenters. The van der Waals surface area contributed by atoms with Gasteiger partial charge in [-0.25, -0.2) is 8.42 Å². The molecule has 35 heavy (non-hydrogen) atoms. The van der Waals surface area contributed by atoms with E-state index in [1.165, 1.54) is 0 Å². The second-order valence-corrected chi connectivity index (χ2v) is 10.5. The van der Waals surface area contributed by atoms with E-state index >= 15 is 0 Å². The van der Waals surface area contributed by atoms with Crippen LogP contribution in [0.25, 0.3) is 0 Å². The minimum atomic E-state index is -3.56. The van der Waals surface area contributed by atoms with E-state index in [4.69, 9.17) is 14.2 Å². The minimum Gasteiger partial charge on any atom is -0.496 e. The maximum absolute atomic E-state index is 13.1. The molecule has 192 valence electrons. The van der Waals surface area contributed by atoms with Crippen LogP contribution in [0.2, 0.25) is 0 Å². The van der Waals surface area contributed by atoms with Crippen molar-refractivity contribution in [1.29, 1.82) is 0 Å². The number of carbonyl (C=O) groups is 1. The molecule has 0 spiro atoms. The van der Waals surface area contributed by atoms with Gasteiger partial charge in [0.25, 0.3) is 0 Å². The zero-order valence-electron chi connectivity index (χ0n) is 21.0. The van der Waals surface area contributed by atoms with Crippen LogP contribution in [0.3, 0.4) is 0 Å². The molecule has 9 heteroatoms. The number of methoxy groups -OCH3 is 3. The van der Waals surface area contributed by atoms with Crippen molar-refractivity contribution in [3.63, 3.8) is 0 Å². The molecule has 1 saturated heterocycles. The number of rotatable bonds is 11. The van der Waals surface area contributed by atoms with Gasteiger partial charge in [-0.15, -0.1) is 0 Å². The third-order valence-electron chi connectivity index (χ3n) is 6.38. The smallest absolute Gasteiger partial charge is 0.243 e. The Labute approximate surface area is 208 Å². The van der Waals surface area contributed by atoms with E-state index in [9.17, 15) is 13.2 Å². The Hall–Kier alpha value is -2.78. The lowest BCUT2D eigenvalue weighted by Gasteiger charge is -2.26. The van der Waals surface area contributed by atoms with Crippen molar-refractivity contribution in [2.45, 2.75) is 56.4 Å². The Morgan fingerprint density at radius 2 is 1.60 bits per heavy atom. The first kappa shape index (κ1) is 26.8. The second-order valence-electron chi connectivity index (χ2n) is 8.58. The van der Waals surface area contributed by atoms with Crippen LogP contribution in [0.1, 0.15) is 56.2 Å². The Morgan fingerprint density at radius 3 is 2.23 bits per heavy atom. The number of aryl methyl sites for hydroxylation is 1. The molecule has 3 rings (SSSR count). The fourth-order valence-electron chi connectivity index (χ4n) is 4.37. The molecule has 0 aromatic heterocycles. The number of benzene rings is 2. The molecule has 1 aliphatic rings. The molecule has 0 aliphatic carbocycles. The van der Waals surface area contributed by atoms with E-state index in [1.807, 2.05) is 25.1 Å². The largest absolute Gasteiger partial charge is 0.496 e. The number of hydrogen-bond donors (Lipinski definition) is 1. The van der Waals surface area contributed by atoms with Gasteiger partial charge in [0.05, 0.1) is 32.3 Å². The number of piperidine rings is 1. The number of nitrogens with one attached hydrogen (secondary N) is 1. The van der Waals surface area contributed by atoms with Gasteiger partial charge in [0.2, 0.25) is 15.9 Å². The molecule has 8 nitrogen and oxygen atoms in total. The Bertz CT molecular complexity index is 1110. The maximum atomic E-state index is 13.1. The minimum absolute atomic E-state index is 0.127. The SMILES string of the molecule is CC[C@@H](NC(=O)CCc1cc(S(=O)(=O)N2CCCCC2)ccc1OC)c1ccc(OC)c(OC)c1. The van der Waals surface area contributed by atoms with E-state index in [1.54, 1.807) is 43.8 Å². The van der Waals surface area contributed by atoms with Gasteiger partial charge < -0.3 is 19.5 Å². The van der Waals surface area contributed by atoms with Crippen molar-refractivity contribution in [3.8, 4) is 17.2 Å². The first-order chi connectivity index (χ1) is 16.8. The summed E-state index contributed by atoms with van der Waals surface area (Å²) in [6.45, 7) is 3.08. The lowest BCUT2D eigenvalue weighted by molar-refractivity contribution is -0.121. The van der Waals surface area contributed by atoms with Crippen molar-refractivity contribution in [3.05, 3.63) is 47.5 Å². The van der Waals surface area contributed by atoms with Crippen LogP contribution in [-0.2, 0) is 21.2 Å². The summed E-state index contributed by atoms with van der Waals surface area (Å²) >= 11 is 0. The van der Waals surface area contributed by atoms with Crippen LogP contribution in [0, 0.1) is 0 Å². The molecule has 1 amide bonds. The number of hydrogen-bond acceptors (Lipinski definition) is 6. The van der Waals surface area contributed by atoms with Crippen molar-refractivity contribution in [1.82, 2.24) is 9.62 Å². The normalized spacial score (nSPS) is 15.3. The van der Waals surface area contributed by atoms with Crippen LogP contribution in [0.15, 0.2) is 41.3 Å². The highest BCUT2D eigenvalue weighted by molar-refractivity contribution is 7.89. The molecule has 1 heterocycles. The van der Waals surface area contributed by atoms with Crippen molar-refractivity contribution in [2.24, 2.45) is 0 Å². The topological polar surface area (TPSA) is 94.2 Å². The number of ether oxygens (including phenoxy) is 3. The average Bonchev–Trinajstić information content (AvgIpc) is 2.90. The highest BCUT2D eigenvalue weighted by Gasteiger charge is 2.27. The average molecular weight is 505 g/mol. The van der Waals surface area contributed by atoms with Crippen molar-refractivity contribution < 1.29 is 27.4 Å². The zero-order chi connectivity index (χ0) is 25.4. The summed E-state index contributed by atoms with van der Waals surface area (Å²) in [7, 11) is 1.14. The van der Waals surface area contributed by atoms with E-state index in [0.29, 0.717) is 48.7 Å². The number of amides is 1. The summed E-state index contributed by atoms with van der Waals surface area (Å²) < 4.78 is 43.9. The monoisotopic (exact) mass is 504 g/mol. The Morgan fingerprint density at radius 1 is 0.943 bits per heavy atom. The third kappa shape index (κ3) is 6.46. The number of sulfonamides is 1.